The lowest BCUT2D eigenvalue weighted by atomic mass is 10.1. The molecule has 2 heteroatoms. The van der Waals surface area contributed by atoms with Crippen molar-refractivity contribution in [3.05, 3.63) is 29.3 Å². The van der Waals surface area contributed by atoms with Crippen molar-refractivity contribution in [3.63, 3.8) is 0 Å². The predicted octanol–water partition coefficient (Wildman–Crippen LogP) is 3.50. The van der Waals surface area contributed by atoms with Crippen LogP contribution in [0.5, 0.6) is 5.75 Å². The smallest absolute Gasteiger partial charge is 0.122 e. The van der Waals surface area contributed by atoms with Gasteiger partial charge in [-0.2, -0.15) is 0 Å². The molecule has 16 heavy (non-hydrogen) atoms. The van der Waals surface area contributed by atoms with Crippen molar-refractivity contribution in [2.24, 2.45) is 0 Å². The van der Waals surface area contributed by atoms with E-state index in [-0.39, 0.29) is 5.60 Å². The summed E-state index contributed by atoms with van der Waals surface area (Å²) in [5, 5.41) is 0. The standard InChI is InChI=1S/C14H22O2/c1-11-6-7-13(12(2)10-11)15-8-9-16-14(3,4)5/h6-7,10H,8-9H2,1-5H3. The molecule has 2 nitrogen and oxygen atoms in total. The van der Waals surface area contributed by atoms with Crippen LogP contribution in [0.25, 0.3) is 0 Å². The Kier molecular flexibility index (Phi) is 4.36. The number of hydrogen-bond acceptors (Lipinski definition) is 2. The molecule has 0 aliphatic heterocycles. The molecule has 1 rings (SSSR count). The van der Waals surface area contributed by atoms with Crippen LogP contribution in [0.2, 0.25) is 0 Å². The lowest BCUT2D eigenvalue weighted by molar-refractivity contribution is -0.0163. The maximum Gasteiger partial charge on any atom is 0.122 e. The van der Waals surface area contributed by atoms with E-state index >= 15 is 0 Å². The molecule has 0 unspecified atom stereocenters. The Balaban J connectivity index is 2.38. The normalized spacial score (nSPS) is 11.6. The van der Waals surface area contributed by atoms with Gasteiger partial charge < -0.3 is 9.47 Å². The highest BCUT2D eigenvalue weighted by atomic mass is 16.5. The Morgan fingerprint density at radius 1 is 1.06 bits per heavy atom. The molecule has 0 N–H and O–H groups in total. The summed E-state index contributed by atoms with van der Waals surface area (Å²) >= 11 is 0. The van der Waals surface area contributed by atoms with Gasteiger partial charge in [0.05, 0.1) is 12.2 Å². The Bertz CT molecular complexity index is 337. The van der Waals surface area contributed by atoms with Crippen LogP contribution in [0.4, 0.5) is 0 Å². The Morgan fingerprint density at radius 3 is 2.31 bits per heavy atom. The van der Waals surface area contributed by atoms with Crippen molar-refractivity contribution in [2.75, 3.05) is 13.2 Å². The van der Waals surface area contributed by atoms with Crippen LogP contribution in [0.15, 0.2) is 18.2 Å². The number of aryl methyl sites for hydroxylation is 2. The molecule has 0 aromatic heterocycles. The Labute approximate surface area is 98.6 Å². The van der Waals surface area contributed by atoms with Gasteiger partial charge in [0, 0.05) is 0 Å². The van der Waals surface area contributed by atoms with E-state index in [9.17, 15) is 0 Å². The van der Waals surface area contributed by atoms with Gasteiger partial charge in [0.1, 0.15) is 12.4 Å². The summed E-state index contributed by atoms with van der Waals surface area (Å²) in [6, 6.07) is 6.20. The third-order valence-corrected chi connectivity index (χ3v) is 2.21. The van der Waals surface area contributed by atoms with Crippen molar-refractivity contribution in [2.45, 2.75) is 40.2 Å². The minimum Gasteiger partial charge on any atom is -0.491 e. The number of benzene rings is 1. The van der Waals surface area contributed by atoms with E-state index in [0.29, 0.717) is 13.2 Å². The lowest BCUT2D eigenvalue weighted by Crippen LogP contribution is -2.22. The monoisotopic (exact) mass is 222 g/mol. The first-order valence-electron chi connectivity index (χ1n) is 5.72. The molecule has 90 valence electrons. The van der Waals surface area contributed by atoms with Crippen molar-refractivity contribution >= 4 is 0 Å². The minimum absolute atomic E-state index is 0.0916. The summed E-state index contributed by atoms with van der Waals surface area (Å²) in [5.74, 6) is 0.947. The summed E-state index contributed by atoms with van der Waals surface area (Å²) in [4.78, 5) is 0. The molecule has 0 heterocycles. The highest BCUT2D eigenvalue weighted by molar-refractivity contribution is 5.35. The van der Waals surface area contributed by atoms with Gasteiger partial charge in [-0.15, -0.1) is 0 Å². The van der Waals surface area contributed by atoms with Gasteiger partial charge in [-0.25, -0.2) is 0 Å². The van der Waals surface area contributed by atoms with Crippen molar-refractivity contribution in [3.8, 4) is 5.75 Å². The zero-order valence-electron chi connectivity index (χ0n) is 11.0. The van der Waals surface area contributed by atoms with Crippen molar-refractivity contribution in [1.82, 2.24) is 0 Å². The summed E-state index contributed by atoms with van der Waals surface area (Å²) < 4.78 is 11.3. The predicted molar refractivity (Wildman–Crippen MR) is 67.1 cm³/mol. The van der Waals surface area contributed by atoms with Crippen LogP contribution >= 0.6 is 0 Å². The fourth-order valence-electron chi connectivity index (χ4n) is 1.46. The number of ether oxygens (including phenoxy) is 2. The third kappa shape index (κ3) is 4.67. The largest absolute Gasteiger partial charge is 0.491 e. The van der Waals surface area contributed by atoms with Gasteiger partial charge in [-0.05, 0) is 46.2 Å². The van der Waals surface area contributed by atoms with E-state index in [1.807, 2.05) is 26.8 Å². The highest BCUT2D eigenvalue weighted by Gasteiger charge is 2.09. The maximum atomic E-state index is 5.66. The van der Waals surface area contributed by atoms with Gasteiger partial charge in [0.15, 0.2) is 0 Å². The first-order chi connectivity index (χ1) is 7.38. The van der Waals surface area contributed by atoms with E-state index in [1.54, 1.807) is 0 Å². The summed E-state index contributed by atoms with van der Waals surface area (Å²) in [6.07, 6.45) is 0. The van der Waals surface area contributed by atoms with Crippen molar-refractivity contribution in [1.29, 1.82) is 0 Å². The first kappa shape index (κ1) is 13.0. The summed E-state index contributed by atoms with van der Waals surface area (Å²) in [6.45, 7) is 11.5. The van der Waals surface area contributed by atoms with Gasteiger partial charge in [0.25, 0.3) is 0 Å². The van der Waals surface area contributed by atoms with Crippen LogP contribution in [-0.2, 0) is 4.74 Å². The zero-order chi connectivity index (χ0) is 12.2. The molecule has 0 radical (unpaired) electrons. The molecule has 0 atom stereocenters. The van der Waals surface area contributed by atoms with Crippen LogP contribution in [0, 0.1) is 13.8 Å². The van der Waals surface area contributed by atoms with E-state index in [1.165, 1.54) is 11.1 Å². The zero-order valence-corrected chi connectivity index (χ0v) is 11.0. The molecule has 0 aliphatic rings. The molecule has 0 fully saturated rings. The second kappa shape index (κ2) is 5.35. The fraction of sp³-hybridized carbons (Fsp3) is 0.571. The van der Waals surface area contributed by atoms with Gasteiger partial charge in [-0.3, -0.25) is 0 Å². The van der Waals surface area contributed by atoms with Crippen molar-refractivity contribution < 1.29 is 9.47 Å². The second-order valence-electron chi connectivity index (χ2n) is 5.08. The van der Waals surface area contributed by atoms with E-state index in [2.05, 4.69) is 26.0 Å². The van der Waals surface area contributed by atoms with E-state index in [0.717, 1.165) is 5.75 Å². The molecule has 0 bridgehead atoms. The average molecular weight is 222 g/mol. The van der Waals surface area contributed by atoms with Crippen LogP contribution in [0.1, 0.15) is 31.9 Å². The van der Waals surface area contributed by atoms with Gasteiger partial charge >= 0.3 is 0 Å². The topological polar surface area (TPSA) is 18.5 Å². The minimum atomic E-state index is -0.0916. The molecule has 1 aromatic carbocycles. The molecule has 0 saturated heterocycles. The average Bonchev–Trinajstić information content (AvgIpc) is 2.13. The molecule has 0 spiro atoms. The molecule has 0 aliphatic carbocycles. The third-order valence-electron chi connectivity index (χ3n) is 2.21. The highest BCUT2D eigenvalue weighted by Crippen LogP contribution is 2.18. The fourth-order valence-corrected chi connectivity index (χ4v) is 1.46. The molecular weight excluding hydrogens is 200 g/mol. The van der Waals surface area contributed by atoms with Crippen LogP contribution in [-0.4, -0.2) is 18.8 Å². The lowest BCUT2D eigenvalue weighted by Gasteiger charge is -2.19. The van der Waals surface area contributed by atoms with Gasteiger partial charge in [-0.1, -0.05) is 17.7 Å². The van der Waals surface area contributed by atoms with Crippen LogP contribution in [0.3, 0.4) is 0 Å². The van der Waals surface area contributed by atoms with Crippen LogP contribution < -0.4 is 4.74 Å². The van der Waals surface area contributed by atoms with E-state index < -0.39 is 0 Å². The molecule has 1 aromatic rings. The number of rotatable bonds is 4. The second-order valence-corrected chi connectivity index (χ2v) is 5.08. The molecule has 0 amide bonds. The first-order valence-corrected chi connectivity index (χ1v) is 5.72. The summed E-state index contributed by atoms with van der Waals surface area (Å²) in [5.41, 5.74) is 2.35. The SMILES string of the molecule is Cc1ccc(OCCOC(C)(C)C)c(C)c1. The molecular formula is C14H22O2. The van der Waals surface area contributed by atoms with Gasteiger partial charge in [0.2, 0.25) is 0 Å². The Morgan fingerprint density at radius 2 is 1.75 bits per heavy atom. The van der Waals surface area contributed by atoms with E-state index in [4.69, 9.17) is 9.47 Å². The maximum absolute atomic E-state index is 5.66. The molecule has 0 saturated carbocycles. The summed E-state index contributed by atoms with van der Waals surface area (Å²) in [7, 11) is 0. The quantitative estimate of drug-likeness (QED) is 0.726. The number of hydrogen-bond donors (Lipinski definition) is 0. The Hall–Kier alpha value is -1.02.